The molecule has 0 spiro atoms. The van der Waals surface area contributed by atoms with E-state index >= 15 is 0 Å². The van der Waals surface area contributed by atoms with Crippen LogP contribution in [0.2, 0.25) is 0 Å². The van der Waals surface area contributed by atoms with Crippen LogP contribution in [0.5, 0.6) is 5.75 Å². The van der Waals surface area contributed by atoms with Gasteiger partial charge in [0.2, 0.25) is 5.91 Å². The second-order valence-electron chi connectivity index (χ2n) is 8.54. The number of likely N-dealkylation sites (tertiary alicyclic amines) is 1. The summed E-state index contributed by atoms with van der Waals surface area (Å²) in [6, 6.07) is 17.2. The number of nitrogens with zero attached hydrogens (tertiary/aromatic N) is 3. The molecule has 0 aromatic heterocycles. The normalized spacial score (nSPS) is 13.9. The van der Waals surface area contributed by atoms with Crippen LogP contribution >= 0.6 is 0 Å². The van der Waals surface area contributed by atoms with E-state index in [-0.39, 0.29) is 25.0 Å². The lowest BCUT2D eigenvalue weighted by Gasteiger charge is -2.28. The van der Waals surface area contributed by atoms with Gasteiger partial charge in [-0.3, -0.25) is 9.59 Å². The number of carbonyl (C=O) groups is 2. The largest absolute Gasteiger partial charge is 0.484 e. The summed E-state index contributed by atoms with van der Waals surface area (Å²) in [6.45, 7) is 2.39. The minimum absolute atomic E-state index is 0.0118. The number of carbonyl (C=O) groups excluding carboxylic acids is 2. The van der Waals surface area contributed by atoms with Gasteiger partial charge in [0.15, 0.2) is 6.61 Å². The van der Waals surface area contributed by atoms with Gasteiger partial charge in [-0.1, -0.05) is 35.5 Å². The van der Waals surface area contributed by atoms with Crippen LogP contribution in [0.4, 0.5) is 0 Å². The third kappa shape index (κ3) is 8.72. The lowest BCUT2D eigenvalue weighted by Crippen LogP contribution is -2.44. The van der Waals surface area contributed by atoms with Crippen LogP contribution in [-0.2, 0) is 25.8 Å². The van der Waals surface area contributed by atoms with Crippen molar-refractivity contribution in [3.05, 3.63) is 65.7 Å². The molecule has 8 heteroatoms. The van der Waals surface area contributed by atoms with Crippen molar-refractivity contribution in [2.24, 2.45) is 5.16 Å². The van der Waals surface area contributed by atoms with Crippen molar-refractivity contribution >= 4 is 17.5 Å². The van der Waals surface area contributed by atoms with Gasteiger partial charge < -0.3 is 24.1 Å². The zero-order valence-corrected chi connectivity index (χ0v) is 20.7. The zero-order chi connectivity index (χ0) is 24.9. The maximum absolute atomic E-state index is 12.4. The molecule has 35 heavy (non-hydrogen) atoms. The van der Waals surface area contributed by atoms with Crippen molar-refractivity contribution in [1.29, 1.82) is 0 Å². The van der Waals surface area contributed by atoms with E-state index in [0.29, 0.717) is 25.4 Å². The molecule has 188 valence electrons. The molecule has 2 aromatic carbocycles. The summed E-state index contributed by atoms with van der Waals surface area (Å²) in [6.07, 6.45) is 3.81. The lowest BCUT2D eigenvalue weighted by molar-refractivity contribution is -0.140. The summed E-state index contributed by atoms with van der Waals surface area (Å²) in [7, 11) is 3.28. The number of amides is 2. The Morgan fingerprint density at radius 3 is 2.40 bits per heavy atom. The fourth-order valence-electron chi connectivity index (χ4n) is 3.73. The van der Waals surface area contributed by atoms with E-state index in [1.54, 1.807) is 26.3 Å². The van der Waals surface area contributed by atoms with Crippen LogP contribution in [0.3, 0.4) is 0 Å². The van der Waals surface area contributed by atoms with Crippen molar-refractivity contribution in [3.63, 3.8) is 0 Å². The van der Waals surface area contributed by atoms with E-state index in [0.717, 1.165) is 49.2 Å². The number of piperidine rings is 1. The minimum atomic E-state index is -0.240. The van der Waals surface area contributed by atoms with Gasteiger partial charge >= 0.3 is 0 Å². The predicted octanol–water partition coefficient (Wildman–Crippen LogP) is 3.49. The van der Waals surface area contributed by atoms with Gasteiger partial charge in [-0.25, -0.2) is 0 Å². The number of likely N-dealkylation sites (N-methyl/N-ethyl adjacent to an activating group) is 1. The topological polar surface area (TPSA) is 80.7 Å². The summed E-state index contributed by atoms with van der Waals surface area (Å²) in [5, 5.41) is 4.32. The Bertz CT molecular complexity index is 957. The van der Waals surface area contributed by atoms with Crippen LogP contribution in [0, 0.1) is 0 Å². The van der Waals surface area contributed by atoms with E-state index in [9.17, 15) is 9.59 Å². The standard InChI is InChI=1S/C27H35N3O5/c1-29(19-26(31)30-16-7-4-8-17-30)27(32)21-34-24-13-11-23(12-14-24)25(15-18-33-2)28-35-20-22-9-5-3-6-10-22/h3,5-6,9-14H,4,7-8,15-21H2,1-2H3/b28-25-. The van der Waals surface area contributed by atoms with E-state index in [1.807, 2.05) is 47.4 Å². The van der Waals surface area contributed by atoms with Crippen LogP contribution in [-0.4, -0.2) is 74.3 Å². The SMILES string of the molecule is COCC/C(=N/OCc1ccccc1)c1ccc(OCC(=O)N(C)CC(=O)N2CCCCC2)cc1. The molecule has 0 N–H and O–H groups in total. The monoisotopic (exact) mass is 481 g/mol. The third-order valence-corrected chi connectivity index (χ3v) is 5.85. The van der Waals surface area contributed by atoms with Crippen molar-refractivity contribution in [2.75, 3.05) is 47.0 Å². The molecule has 0 atom stereocenters. The highest BCUT2D eigenvalue weighted by molar-refractivity contribution is 6.00. The van der Waals surface area contributed by atoms with E-state index in [1.165, 1.54) is 4.90 Å². The van der Waals surface area contributed by atoms with E-state index in [4.69, 9.17) is 14.3 Å². The zero-order valence-electron chi connectivity index (χ0n) is 20.7. The molecular formula is C27H35N3O5. The molecular weight excluding hydrogens is 446 g/mol. The number of hydrogen-bond acceptors (Lipinski definition) is 6. The summed E-state index contributed by atoms with van der Waals surface area (Å²) >= 11 is 0. The smallest absolute Gasteiger partial charge is 0.260 e. The quantitative estimate of drug-likeness (QED) is 0.342. The number of oxime groups is 1. The van der Waals surface area contributed by atoms with Crippen molar-refractivity contribution in [3.8, 4) is 5.75 Å². The Morgan fingerprint density at radius 2 is 1.71 bits per heavy atom. The third-order valence-electron chi connectivity index (χ3n) is 5.85. The minimum Gasteiger partial charge on any atom is -0.484 e. The second-order valence-corrected chi connectivity index (χ2v) is 8.54. The Hall–Kier alpha value is -3.39. The van der Waals surface area contributed by atoms with Crippen LogP contribution in [0.15, 0.2) is 59.8 Å². The van der Waals surface area contributed by atoms with Gasteiger partial charge in [-0.15, -0.1) is 0 Å². The van der Waals surface area contributed by atoms with Gasteiger partial charge in [0.25, 0.3) is 5.91 Å². The number of benzene rings is 2. The fraction of sp³-hybridized carbons (Fsp3) is 0.444. The molecule has 0 unspecified atom stereocenters. The van der Waals surface area contributed by atoms with Gasteiger partial charge in [-0.2, -0.15) is 0 Å². The first-order chi connectivity index (χ1) is 17.1. The van der Waals surface area contributed by atoms with Crippen LogP contribution in [0.25, 0.3) is 0 Å². The average molecular weight is 482 g/mol. The molecule has 1 aliphatic heterocycles. The molecule has 3 rings (SSSR count). The van der Waals surface area contributed by atoms with Gasteiger partial charge in [0.1, 0.15) is 12.4 Å². The fourth-order valence-corrected chi connectivity index (χ4v) is 3.73. The summed E-state index contributed by atoms with van der Waals surface area (Å²) < 4.78 is 10.9. The van der Waals surface area contributed by atoms with Gasteiger partial charge in [0.05, 0.1) is 18.9 Å². The Balaban J connectivity index is 1.50. The van der Waals surface area contributed by atoms with E-state index in [2.05, 4.69) is 5.16 Å². The Morgan fingerprint density at radius 1 is 1.00 bits per heavy atom. The number of ether oxygens (including phenoxy) is 2. The molecule has 0 saturated carbocycles. The molecule has 2 aromatic rings. The summed E-state index contributed by atoms with van der Waals surface area (Å²) in [5.41, 5.74) is 2.69. The van der Waals surface area contributed by atoms with Crippen LogP contribution in [0.1, 0.15) is 36.8 Å². The first-order valence-corrected chi connectivity index (χ1v) is 12.0. The summed E-state index contributed by atoms with van der Waals surface area (Å²) in [5.74, 6) is 0.313. The molecule has 0 bridgehead atoms. The molecule has 1 heterocycles. The number of rotatable bonds is 12. The molecule has 0 radical (unpaired) electrons. The molecule has 1 saturated heterocycles. The van der Waals surface area contributed by atoms with Gasteiger partial charge in [-0.05, 0) is 54.7 Å². The number of methoxy groups -OCH3 is 1. The molecule has 0 aliphatic carbocycles. The van der Waals surface area contributed by atoms with Crippen LogP contribution < -0.4 is 4.74 Å². The first kappa shape index (κ1) is 26.2. The summed E-state index contributed by atoms with van der Waals surface area (Å²) in [4.78, 5) is 33.6. The second kappa shape index (κ2) is 14.1. The van der Waals surface area contributed by atoms with E-state index < -0.39 is 0 Å². The first-order valence-electron chi connectivity index (χ1n) is 12.0. The Labute approximate surface area is 207 Å². The Kier molecular flexibility index (Phi) is 10.6. The maximum Gasteiger partial charge on any atom is 0.260 e. The van der Waals surface area contributed by atoms with Crippen molar-refractivity contribution in [2.45, 2.75) is 32.3 Å². The molecule has 8 nitrogen and oxygen atoms in total. The van der Waals surface area contributed by atoms with Crippen molar-refractivity contribution in [1.82, 2.24) is 9.80 Å². The highest BCUT2D eigenvalue weighted by Crippen LogP contribution is 2.15. The highest BCUT2D eigenvalue weighted by Gasteiger charge is 2.20. The maximum atomic E-state index is 12.4. The molecule has 1 aliphatic rings. The highest BCUT2D eigenvalue weighted by atomic mass is 16.6. The predicted molar refractivity (Wildman–Crippen MR) is 134 cm³/mol. The number of hydrogen-bond donors (Lipinski definition) is 0. The van der Waals surface area contributed by atoms with Crippen molar-refractivity contribution < 1.29 is 23.9 Å². The molecule has 1 fully saturated rings. The lowest BCUT2D eigenvalue weighted by atomic mass is 10.1. The molecule has 2 amide bonds. The average Bonchev–Trinajstić information content (AvgIpc) is 2.90. The van der Waals surface area contributed by atoms with Gasteiger partial charge in [0, 0.05) is 33.7 Å².